The third-order valence-corrected chi connectivity index (χ3v) is 2.13. The molecule has 0 spiro atoms. The fourth-order valence-corrected chi connectivity index (χ4v) is 1.33. The van der Waals surface area contributed by atoms with Gasteiger partial charge in [0.25, 0.3) is 0 Å². The summed E-state index contributed by atoms with van der Waals surface area (Å²) < 4.78 is 0. The molecule has 0 unspecified atom stereocenters. The van der Waals surface area contributed by atoms with E-state index in [0.29, 0.717) is 5.41 Å². The summed E-state index contributed by atoms with van der Waals surface area (Å²) in [6, 6.07) is 0. The predicted molar refractivity (Wildman–Crippen MR) is 56.2 cm³/mol. The Kier molecular flexibility index (Phi) is 11.4. The van der Waals surface area contributed by atoms with Gasteiger partial charge in [0, 0.05) is 21.1 Å². The van der Waals surface area contributed by atoms with E-state index in [-0.39, 0.29) is 21.1 Å². The maximum absolute atomic E-state index is 5.41. The average molecular weight is 267 g/mol. The van der Waals surface area contributed by atoms with E-state index in [2.05, 4.69) is 20.8 Å². The first-order valence-corrected chi connectivity index (χ1v) is 5.26. The molecule has 0 aromatic heterocycles. The van der Waals surface area contributed by atoms with Gasteiger partial charge < -0.3 is 5.73 Å². The Morgan fingerprint density at radius 2 is 1.31 bits per heavy atom. The van der Waals surface area contributed by atoms with Crippen LogP contribution in [-0.4, -0.2) is 6.54 Å². The van der Waals surface area contributed by atoms with E-state index in [1.165, 1.54) is 38.5 Å². The summed E-state index contributed by atoms with van der Waals surface area (Å²) in [5, 5.41) is 0. The Labute approximate surface area is 98.1 Å². The Balaban J connectivity index is 0. The standard InChI is InChI=1S/C11H25N.Mo/c1-11(2,3)9-7-5-4-6-8-10-12;/h4-10,12H2,1-3H3;. The normalized spacial score (nSPS) is 11.1. The molecular formula is C11H25MoN. The van der Waals surface area contributed by atoms with Crippen LogP contribution in [0, 0.1) is 5.41 Å². The van der Waals surface area contributed by atoms with E-state index in [9.17, 15) is 0 Å². The molecule has 0 saturated carbocycles. The third kappa shape index (κ3) is 15.4. The quantitative estimate of drug-likeness (QED) is 0.579. The first-order valence-electron chi connectivity index (χ1n) is 5.26. The molecular weight excluding hydrogens is 242 g/mol. The molecule has 0 amide bonds. The van der Waals surface area contributed by atoms with Gasteiger partial charge in [-0.1, -0.05) is 46.5 Å². The molecule has 0 aromatic carbocycles. The predicted octanol–water partition coefficient (Wildman–Crippen LogP) is 3.33. The van der Waals surface area contributed by atoms with Gasteiger partial charge >= 0.3 is 0 Å². The number of hydrogen-bond acceptors (Lipinski definition) is 1. The van der Waals surface area contributed by atoms with Crippen molar-refractivity contribution >= 4 is 0 Å². The summed E-state index contributed by atoms with van der Waals surface area (Å²) in [5.74, 6) is 0. The molecule has 2 heteroatoms. The van der Waals surface area contributed by atoms with Gasteiger partial charge in [0.05, 0.1) is 0 Å². The number of rotatable bonds is 6. The summed E-state index contributed by atoms with van der Waals surface area (Å²) in [7, 11) is 0. The minimum atomic E-state index is 0. The fraction of sp³-hybridized carbons (Fsp3) is 1.00. The van der Waals surface area contributed by atoms with Crippen LogP contribution in [0.3, 0.4) is 0 Å². The van der Waals surface area contributed by atoms with Gasteiger partial charge in [0.2, 0.25) is 0 Å². The molecule has 13 heavy (non-hydrogen) atoms. The summed E-state index contributed by atoms with van der Waals surface area (Å²) >= 11 is 0. The van der Waals surface area contributed by atoms with E-state index in [1.807, 2.05) is 0 Å². The number of hydrogen-bond donors (Lipinski definition) is 1. The van der Waals surface area contributed by atoms with Crippen LogP contribution >= 0.6 is 0 Å². The van der Waals surface area contributed by atoms with Crippen molar-refractivity contribution in [2.75, 3.05) is 6.54 Å². The molecule has 0 aliphatic heterocycles. The van der Waals surface area contributed by atoms with Crippen LogP contribution in [0.15, 0.2) is 0 Å². The number of nitrogens with two attached hydrogens (primary N) is 1. The molecule has 0 heterocycles. The Bertz CT molecular complexity index is 96.8. The van der Waals surface area contributed by atoms with Gasteiger partial charge in [-0.05, 0) is 24.8 Å². The molecule has 0 bridgehead atoms. The smallest absolute Gasteiger partial charge is 0 e. The van der Waals surface area contributed by atoms with Crippen molar-refractivity contribution in [2.24, 2.45) is 11.1 Å². The number of unbranched alkanes of at least 4 members (excludes halogenated alkanes) is 4. The fourth-order valence-electron chi connectivity index (χ4n) is 1.33. The van der Waals surface area contributed by atoms with Gasteiger partial charge in [0.15, 0.2) is 0 Å². The van der Waals surface area contributed by atoms with Crippen molar-refractivity contribution in [1.82, 2.24) is 0 Å². The van der Waals surface area contributed by atoms with E-state index >= 15 is 0 Å². The molecule has 1 nitrogen and oxygen atoms in total. The molecule has 0 fully saturated rings. The Hall–Kier alpha value is 0.648. The molecule has 0 rings (SSSR count). The first-order chi connectivity index (χ1) is 5.56. The zero-order valence-corrected chi connectivity index (χ0v) is 11.4. The molecule has 2 N–H and O–H groups in total. The molecule has 0 aromatic rings. The zero-order chi connectivity index (χ0) is 9.45. The summed E-state index contributed by atoms with van der Waals surface area (Å²) in [4.78, 5) is 0. The van der Waals surface area contributed by atoms with Crippen LogP contribution < -0.4 is 5.73 Å². The van der Waals surface area contributed by atoms with E-state index in [4.69, 9.17) is 5.73 Å². The second-order valence-corrected chi connectivity index (χ2v) is 4.87. The third-order valence-electron chi connectivity index (χ3n) is 2.13. The topological polar surface area (TPSA) is 26.0 Å². The molecule has 0 saturated heterocycles. The van der Waals surface area contributed by atoms with Crippen LogP contribution in [0.2, 0.25) is 0 Å². The first kappa shape index (κ1) is 16.1. The second-order valence-electron chi connectivity index (χ2n) is 4.87. The maximum atomic E-state index is 5.41. The van der Waals surface area contributed by atoms with E-state index in [1.54, 1.807) is 0 Å². The van der Waals surface area contributed by atoms with Gasteiger partial charge in [-0.25, -0.2) is 0 Å². The van der Waals surface area contributed by atoms with Crippen LogP contribution in [0.1, 0.15) is 59.3 Å². The largest absolute Gasteiger partial charge is 0.330 e. The molecule has 0 aliphatic carbocycles. The second kappa shape index (κ2) is 9.21. The molecule has 80 valence electrons. The van der Waals surface area contributed by atoms with Gasteiger partial charge in [-0.15, -0.1) is 0 Å². The molecule has 0 atom stereocenters. The minimum absolute atomic E-state index is 0. The van der Waals surface area contributed by atoms with Crippen molar-refractivity contribution < 1.29 is 21.1 Å². The van der Waals surface area contributed by atoms with Crippen molar-refractivity contribution in [2.45, 2.75) is 59.3 Å². The summed E-state index contributed by atoms with van der Waals surface area (Å²) in [5.41, 5.74) is 5.93. The maximum Gasteiger partial charge on any atom is 0 e. The van der Waals surface area contributed by atoms with Gasteiger partial charge in [0.1, 0.15) is 0 Å². The average Bonchev–Trinajstić information content (AvgIpc) is 1.94. The van der Waals surface area contributed by atoms with Gasteiger partial charge in [-0.3, -0.25) is 0 Å². The van der Waals surface area contributed by atoms with Crippen LogP contribution in [0.25, 0.3) is 0 Å². The summed E-state index contributed by atoms with van der Waals surface area (Å²) in [6.07, 6.45) is 8.02. The monoisotopic (exact) mass is 269 g/mol. The van der Waals surface area contributed by atoms with Crippen LogP contribution in [0.4, 0.5) is 0 Å². The zero-order valence-electron chi connectivity index (χ0n) is 9.44. The van der Waals surface area contributed by atoms with E-state index in [0.717, 1.165) is 6.54 Å². The Morgan fingerprint density at radius 1 is 0.846 bits per heavy atom. The van der Waals surface area contributed by atoms with Crippen LogP contribution in [-0.2, 0) is 21.1 Å². The van der Waals surface area contributed by atoms with Crippen molar-refractivity contribution in [3.8, 4) is 0 Å². The van der Waals surface area contributed by atoms with E-state index < -0.39 is 0 Å². The van der Waals surface area contributed by atoms with Crippen molar-refractivity contribution in [3.05, 3.63) is 0 Å². The van der Waals surface area contributed by atoms with Crippen LogP contribution in [0.5, 0.6) is 0 Å². The Morgan fingerprint density at radius 3 is 1.77 bits per heavy atom. The molecule has 0 aliphatic rings. The summed E-state index contributed by atoms with van der Waals surface area (Å²) in [6.45, 7) is 7.80. The molecule has 0 radical (unpaired) electrons. The van der Waals surface area contributed by atoms with Crippen molar-refractivity contribution in [1.29, 1.82) is 0 Å². The van der Waals surface area contributed by atoms with Gasteiger partial charge in [-0.2, -0.15) is 0 Å². The minimum Gasteiger partial charge on any atom is -0.330 e. The van der Waals surface area contributed by atoms with Crippen molar-refractivity contribution in [3.63, 3.8) is 0 Å². The SMILES string of the molecule is CC(C)(C)CCCCCCCN.[Mo].